The molecule has 1 heterocycles. The molecule has 0 N–H and O–H groups in total. The van der Waals surface area contributed by atoms with Gasteiger partial charge < -0.3 is 9.26 Å². The number of hydrogen-bond acceptors (Lipinski definition) is 4. The molecular formula is C5H5NO3. The maximum atomic E-state index is 9.67. The van der Waals surface area contributed by atoms with Crippen molar-refractivity contribution in [3.8, 4) is 5.95 Å². The zero-order valence-electron chi connectivity index (χ0n) is 4.83. The first-order valence-electron chi connectivity index (χ1n) is 2.36. The Kier molecular flexibility index (Phi) is 1.48. The predicted molar refractivity (Wildman–Crippen MR) is 27.9 cm³/mol. The molecular weight excluding hydrogens is 122 g/mol. The second-order valence-electron chi connectivity index (χ2n) is 1.50. The van der Waals surface area contributed by atoms with Crippen molar-refractivity contribution in [2.24, 2.45) is 0 Å². The third kappa shape index (κ3) is 1.28. The fraction of sp³-hybridized carbons (Fsp3) is 0.200. The molecule has 0 spiro atoms. The molecule has 9 heavy (non-hydrogen) atoms. The van der Waals surface area contributed by atoms with Crippen molar-refractivity contribution in [1.29, 1.82) is 0 Å². The van der Waals surface area contributed by atoms with Gasteiger partial charge in [0.25, 0.3) is 0 Å². The second-order valence-corrected chi connectivity index (χ2v) is 1.50. The fourth-order valence-electron chi connectivity index (χ4n) is 0.443. The van der Waals surface area contributed by atoms with Crippen molar-refractivity contribution in [2.45, 2.75) is 6.92 Å². The summed E-state index contributed by atoms with van der Waals surface area (Å²) in [5, 5.41) is 3.48. The summed E-state index contributed by atoms with van der Waals surface area (Å²) in [6, 6.07) is 1.52. The Bertz CT molecular complexity index is 206. The van der Waals surface area contributed by atoms with Crippen molar-refractivity contribution >= 4 is 6.47 Å². The minimum Gasteiger partial charge on any atom is -0.393 e. The van der Waals surface area contributed by atoms with Crippen LogP contribution < -0.4 is 4.74 Å². The van der Waals surface area contributed by atoms with Crippen LogP contribution in [0.4, 0.5) is 0 Å². The Morgan fingerprint density at radius 1 is 1.89 bits per heavy atom. The summed E-state index contributed by atoms with van der Waals surface area (Å²) in [5.74, 6) is 0.127. The highest BCUT2D eigenvalue weighted by atomic mass is 16.6. The molecule has 0 aromatic carbocycles. The Labute approximate surface area is 51.4 Å². The van der Waals surface area contributed by atoms with Gasteiger partial charge in [0, 0.05) is 6.07 Å². The molecule has 0 amide bonds. The van der Waals surface area contributed by atoms with Gasteiger partial charge in [-0.1, -0.05) is 5.16 Å². The van der Waals surface area contributed by atoms with Gasteiger partial charge in [-0.05, 0) is 6.92 Å². The monoisotopic (exact) mass is 127 g/mol. The first-order chi connectivity index (χ1) is 4.33. The van der Waals surface area contributed by atoms with Crippen molar-refractivity contribution < 1.29 is 14.1 Å². The second kappa shape index (κ2) is 2.30. The van der Waals surface area contributed by atoms with Gasteiger partial charge in [0.1, 0.15) is 0 Å². The van der Waals surface area contributed by atoms with E-state index in [1.54, 1.807) is 6.92 Å². The summed E-state index contributed by atoms with van der Waals surface area (Å²) in [7, 11) is 0. The molecule has 0 radical (unpaired) electrons. The minimum atomic E-state index is 0.127. The van der Waals surface area contributed by atoms with E-state index >= 15 is 0 Å². The smallest absolute Gasteiger partial charge is 0.318 e. The van der Waals surface area contributed by atoms with Crippen molar-refractivity contribution in [1.82, 2.24) is 5.16 Å². The van der Waals surface area contributed by atoms with Gasteiger partial charge in [-0.2, -0.15) is 0 Å². The van der Waals surface area contributed by atoms with Gasteiger partial charge in [-0.3, -0.25) is 4.79 Å². The third-order valence-electron chi connectivity index (χ3n) is 0.771. The Morgan fingerprint density at radius 3 is 3.11 bits per heavy atom. The average molecular weight is 127 g/mol. The Balaban J connectivity index is 2.72. The standard InChI is InChI=1S/C5H5NO3/c1-4-2-5(8-3-7)9-6-4/h2-3H,1H3. The SMILES string of the molecule is Cc1cc(OC=O)on1. The molecule has 0 aliphatic heterocycles. The number of hydrogen-bond donors (Lipinski definition) is 0. The molecule has 4 nitrogen and oxygen atoms in total. The molecule has 1 aromatic rings. The highest BCUT2D eigenvalue weighted by Gasteiger charge is 1.97. The van der Waals surface area contributed by atoms with E-state index in [-0.39, 0.29) is 5.95 Å². The molecule has 0 atom stereocenters. The number of ether oxygens (including phenoxy) is 1. The largest absolute Gasteiger partial charge is 0.393 e. The molecule has 0 unspecified atom stereocenters. The van der Waals surface area contributed by atoms with Crippen LogP contribution >= 0.6 is 0 Å². The lowest BCUT2D eigenvalue weighted by atomic mass is 10.5. The highest BCUT2D eigenvalue weighted by molar-refractivity contribution is 5.42. The minimum absolute atomic E-state index is 0.127. The average Bonchev–Trinajstić information content (AvgIpc) is 2.17. The first-order valence-corrected chi connectivity index (χ1v) is 2.36. The Hall–Kier alpha value is -1.32. The molecule has 0 bridgehead atoms. The van der Waals surface area contributed by atoms with Crippen LogP contribution in [0.3, 0.4) is 0 Å². The maximum Gasteiger partial charge on any atom is 0.318 e. The molecule has 0 fully saturated rings. The van der Waals surface area contributed by atoms with Gasteiger partial charge >= 0.3 is 12.4 Å². The topological polar surface area (TPSA) is 52.3 Å². The zero-order chi connectivity index (χ0) is 6.69. The van der Waals surface area contributed by atoms with Crippen LogP contribution in [0.2, 0.25) is 0 Å². The number of carbonyl (C=O) groups excluding carboxylic acids is 1. The molecule has 48 valence electrons. The number of rotatable bonds is 2. The summed E-state index contributed by atoms with van der Waals surface area (Å²) < 4.78 is 8.82. The van der Waals surface area contributed by atoms with E-state index in [2.05, 4.69) is 14.4 Å². The molecule has 1 aromatic heterocycles. The van der Waals surface area contributed by atoms with Crippen LogP contribution in [0.5, 0.6) is 5.95 Å². The molecule has 0 aliphatic carbocycles. The van der Waals surface area contributed by atoms with E-state index in [1.807, 2.05) is 0 Å². The van der Waals surface area contributed by atoms with Crippen LogP contribution in [-0.4, -0.2) is 11.6 Å². The van der Waals surface area contributed by atoms with Gasteiger partial charge in [0.05, 0.1) is 5.69 Å². The van der Waals surface area contributed by atoms with Crippen molar-refractivity contribution in [2.75, 3.05) is 0 Å². The maximum absolute atomic E-state index is 9.67. The number of carbonyl (C=O) groups is 1. The summed E-state index contributed by atoms with van der Waals surface area (Å²) in [6.07, 6.45) is 0. The van der Waals surface area contributed by atoms with E-state index in [0.717, 1.165) is 0 Å². The fourth-order valence-corrected chi connectivity index (χ4v) is 0.443. The lowest BCUT2D eigenvalue weighted by molar-refractivity contribution is -0.121. The van der Waals surface area contributed by atoms with Crippen molar-refractivity contribution in [3.05, 3.63) is 11.8 Å². The molecule has 0 saturated heterocycles. The van der Waals surface area contributed by atoms with E-state index in [0.29, 0.717) is 12.2 Å². The van der Waals surface area contributed by atoms with Crippen molar-refractivity contribution in [3.63, 3.8) is 0 Å². The summed E-state index contributed by atoms with van der Waals surface area (Å²) in [6.45, 7) is 2.03. The van der Waals surface area contributed by atoms with Gasteiger partial charge in [0.15, 0.2) is 0 Å². The summed E-state index contributed by atoms with van der Waals surface area (Å²) in [4.78, 5) is 9.67. The number of nitrogens with zero attached hydrogens (tertiary/aromatic N) is 1. The van der Waals surface area contributed by atoms with E-state index in [9.17, 15) is 4.79 Å². The normalized spacial score (nSPS) is 9.00. The van der Waals surface area contributed by atoms with Crippen LogP contribution in [0.25, 0.3) is 0 Å². The highest BCUT2D eigenvalue weighted by Crippen LogP contribution is 2.09. The summed E-state index contributed by atoms with van der Waals surface area (Å²) in [5.41, 5.74) is 0.687. The number of aromatic nitrogens is 1. The Morgan fingerprint density at radius 2 is 2.67 bits per heavy atom. The van der Waals surface area contributed by atoms with Gasteiger partial charge in [-0.15, -0.1) is 0 Å². The van der Waals surface area contributed by atoms with Crippen LogP contribution in [0.15, 0.2) is 10.6 Å². The molecule has 0 saturated carbocycles. The molecule has 1 rings (SSSR count). The van der Waals surface area contributed by atoms with Crippen LogP contribution in [0, 0.1) is 6.92 Å². The van der Waals surface area contributed by atoms with E-state index < -0.39 is 0 Å². The van der Waals surface area contributed by atoms with Gasteiger partial charge in [-0.25, -0.2) is 0 Å². The van der Waals surface area contributed by atoms with E-state index in [4.69, 9.17) is 0 Å². The van der Waals surface area contributed by atoms with Crippen LogP contribution in [-0.2, 0) is 4.79 Å². The summed E-state index contributed by atoms with van der Waals surface area (Å²) >= 11 is 0. The van der Waals surface area contributed by atoms with Gasteiger partial charge in [0.2, 0.25) is 0 Å². The lowest BCUT2D eigenvalue weighted by Crippen LogP contribution is -1.84. The molecule has 4 heteroatoms. The number of aryl methyl sites for hydroxylation is 1. The quantitative estimate of drug-likeness (QED) is 0.543. The van der Waals surface area contributed by atoms with Crippen LogP contribution in [0.1, 0.15) is 5.69 Å². The van der Waals surface area contributed by atoms with E-state index in [1.165, 1.54) is 6.07 Å². The lowest BCUT2D eigenvalue weighted by Gasteiger charge is -1.81. The predicted octanol–water partition coefficient (Wildman–Crippen LogP) is 0.518. The first kappa shape index (κ1) is 5.81. The zero-order valence-corrected chi connectivity index (χ0v) is 4.83. The molecule has 0 aliphatic rings. The third-order valence-corrected chi connectivity index (χ3v) is 0.771.